The van der Waals surface area contributed by atoms with Gasteiger partial charge in [0.05, 0.1) is 31.2 Å². The maximum Gasteiger partial charge on any atom is 0.262 e. The maximum atomic E-state index is 12.7. The molecule has 2 rings (SSSR count). The Labute approximate surface area is 140 Å². The summed E-state index contributed by atoms with van der Waals surface area (Å²) in [7, 11) is 3.09. The molecule has 7 heteroatoms. The molecule has 126 valence electrons. The highest BCUT2D eigenvalue weighted by molar-refractivity contribution is 7.71. The zero-order valence-corrected chi connectivity index (χ0v) is 14.7. The van der Waals surface area contributed by atoms with Gasteiger partial charge in [-0.05, 0) is 38.6 Å². The molecule has 6 nitrogen and oxygen atoms in total. The van der Waals surface area contributed by atoms with E-state index in [9.17, 15) is 4.79 Å². The van der Waals surface area contributed by atoms with E-state index in [4.69, 9.17) is 26.4 Å². The number of rotatable bonds is 7. The molecule has 0 aliphatic heterocycles. The predicted molar refractivity (Wildman–Crippen MR) is 92.2 cm³/mol. The maximum absolute atomic E-state index is 12.7. The summed E-state index contributed by atoms with van der Waals surface area (Å²) in [6.45, 7) is 5.05. The van der Waals surface area contributed by atoms with E-state index in [1.54, 1.807) is 23.8 Å². The Morgan fingerprint density at radius 1 is 1.22 bits per heavy atom. The van der Waals surface area contributed by atoms with Gasteiger partial charge in [0.2, 0.25) is 0 Å². The van der Waals surface area contributed by atoms with Crippen LogP contribution in [0, 0.1) is 4.77 Å². The third kappa shape index (κ3) is 3.92. The first-order chi connectivity index (χ1) is 11.0. The summed E-state index contributed by atoms with van der Waals surface area (Å²) in [5.41, 5.74) is 0.488. The summed E-state index contributed by atoms with van der Waals surface area (Å²) >= 11 is 5.30. The van der Waals surface area contributed by atoms with E-state index < -0.39 is 0 Å². The summed E-state index contributed by atoms with van der Waals surface area (Å²) in [6, 6.07) is 3.39. The number of H-pyrrole nitrogens is 1. The van der Waals surface area contributed by atoms with Crippen LogP contribution in [0.4, 0.5) is 0 Å². The average molecular weight is 338 g/mol. The molecule has 1 N–H and O–H groups in total. The summed E-state index contributed by atoms with van der Waals surface area (Å²) in [5.74, 6) is 1.06. The number of nitrogens with zero attached hydrogens (tertiary/aromatic N) is 1. The predicted octanol–water partition coefficient (Wildman–Crippen LogP) is 2.89. The van der Waals surface area contributed by atoms with Crippen LogP contribution < -0.4 is 15.0 Å². The molecule has 0 bridgehead atoms. The smallest absolute Gasteiger partial charge is 0.262 e. The Bertz CT molecular complexity index is 795. The molecule has 0 spiro atoms. The SMILES string of the molecule is COc1cc2[nH]c(=S)n(CCCOC(C)C)c(=O)c2cc1OC. The minimum absolute atomic E-state index is 0.144. The fourth-order valence-corrected chi connectivity index (χ4v) is 2.61. The van der Waals surface area contributed by atoms with E-state index in [1.807, 2.05) is 13.8 Å². The second-order valence-corrected chi connectivity index (χ2v) is 5.80. The van der Waals surface area contributed by atoms with Gasteiger partial charge in [0.1, 0.15) is 0 Å². The van der Waals surface area contributed by atoms with Gasteiger partial charge in [-0.15, -0.1) is 0 Å². The number of hydrogen-bond donors (Lipinski definition) is 1. The number of aromatic nitrogens is 2. The highest BCUT2D eigenvalue weighted by atomic mass is 32.1. The molecule has 1 aromatic heterocycles. The largest absolute Gasteiger partial charge is 0.493 e. The Morgan fingerprint density at radius 3 is 2.48 bits per heavy atom. The molecule has 0 amide bonds. The van der Waals surface area contributed by atoms with Gasteiger partial charge in [-0.3, -0.25) is 9.36 Å². The number of hydrogen-bond acceptors (Lipinski definition) is 5. The monoisotopic (exact) mass is 338 g/mol. The minimum atomic E-state index is -0.144. The number of fused-ring (bicyclic) bond motifs is 1. The summed E-state index contributed by atoms with van der Waals surface area (Å²) in [6.07, 6.45) is 0.892. The van der Waals surface area contributed by atoms with Crippen molar-refractivity contribution in [1.29, 1.82) is 0 Å². The third-order valence-corrected chi connectivity index (χ3v) is 3.79. The van der Waals surface area contributed by atoms with Crippen molar-refractivity contribution in [2.24, 2.45) is 0 Å². The van der Waals surface area contributed by atoms with Gasteiger partial charge < -0.3 is 19.2 Å². The molecule has 23 heavy (non-hydrogen) atoms. The van der Waals surface area contributed by atoms with Crippen LogP contribution in [0.3, 0.4) is 0 Å². The molecule has 0 radical (unpaired) electrons. The molecule has 0 fully saturated rings. The van der Waals surface area contributed by atoms with Crippen LogP contribution in [0.15, 0.2) is 16.9 Å². The van der Waals surface area contributed by atoms with Crippen molar-refractivity contribution >= 4 is 23.1 Å². The molecular weight excluding hydrogens is 316 g/mol. The lowest BCUT2D eigenvalue weighted by molar-refractivity contribution is 0.0746. The average Bonchev–Trinajstić information content (AvgIpc) is 2.52. The van der Waals surface area contributed by atoms with Crippen LogP contribution in [0.5, 0.6) is 11.5 Å². The van der Waals surface area contributed by atoms with Crippen molar-refractivity contribution in [1.82, 2.24) is 9.55 Å². The zero-order chi connectivity index (χ0) is 17.0. The van der Waals surface area contributed by atoms with Crippen LogP contribution in [0.1, 0.15) is 20.3 Å². The fourth-order valence-electron chi connectivity index (χ4n) is 2.32. The van der Waals surface area contributed by atoms with Crippen molar-refractivity contribution < 1.29 is 14.2 Å². The van der Waals surface area contributed by atoms with Gasteiger partial charge in [-0.1, -0.05) is 0 Å². The van der Waals surface area contributed by atoms with Crippen molar-refractivity contribution in [3.63, 3.8) is 0 Å². The molecule has 0 aliphatic rings. The standard InChI is InChI=1S/C16H22N2O4S/c1-10(2)22-7-5-6-18-15(19)11-8-13(20-3)14(21-4)9-12(11)17-16(18)23/h8-10H,5-7H2,1-4H3,(H,17,23). The Morgan fingerprint density at radius 2 is 1.87 bits per heavy atom. The first-order valence-electron chi connectivity index (χ1n) is 7.48. The van der Waals surface area contributed by atoms with Crippen molar-refractivity contribution in [3.05, 3.63) is 27.3 Å². The summed E-state index contributed by atoms with van der Waals surface area (Å²) in [4.78, 5) is 15.8. The molecule has 1 aromatic carbocycles. The highest BCUT2D eigenvalue weighted by Crippen LogP contribution is 2.29. The van der Waals surface area contributed by atoms with E-state index in [2.05, 4.69) is 4.98 Å². The first kappa shape index (κ1) is 17.5. The number of nitrogens with one attached hydrogen (secondary N) is 1. The van der Waals surface area contributed by atoms with Crippen molar-refractivity contribution in [3.8, 4) is 11.5 Å². The lowest BCUT2D eigenvalue weighted by atomic mass is 10.2. The van der Waals surface area contributed by atoms with E-state index in [0.717, 1.165) is 0 Å². The third-order valence-electron chi connectivity index (χ3n) is 3.46. The Balaban J connectivity index is 2.39. The van der Waals surface area contributed by atoms with E-state index in [-0.39, 0.29) is 11.7 Å². The van der Waals surface area contributed by atoms with Crippen LogP contribution in [-0.4, -0.2) is 36.5 Å². The lowest BCUT2D eigenvalue weighted by Gasteiger charge is -2.12. The highest BCUT2D eigenvalue weighted by Gasteiger charge is 2.11. The van der Waals surface area contributed by atoms with Gasteiger partial charge in [0.15, 0.2) is 16.3 Å². The fraction of sp³-hybridized carbons (Fsp3) is 0.500. The molecule has 2 aromatic rings. The molecule has 0 saturated carbocycles. The van der Waals surface area contributed by atoms with Gasteiger partial charge in [0, 0.05) is 19.2 Å². The molecule has 0 aliphatic carbocycles. The van der Waals surface area contributed by atoms with Gasteiger partial charge in [-0.2, -0.15) is 0 Å². The number of ether oxygens (including phenoxy) is 3. The van der Waals surface area contributed by atoms with E-state index in [0.29, 0.717) is 46.7 Å². The molecular formula is C16H22N2O4S. The molecule has 1 heterocycles. The Kier molecular flexibility index (Phi) is 5.79. The topological polar surface area (TPSA) is 65.5 Å². The van der Waals surface area contributed by atoms with E-state index >= 15 is 0 Å². The first-order valence-corrected chi connectivity index (χ1v) is 7.89. The second-order valence-electron chi connectivity index (χ2n) is 5.41. The van der Waals surface area contributed by atoms with E-state index in [1.165, 1.54) is 7.11 Å². The normalized spacial score (nSPS) is 11.2. The molecule has 0 unspecified atom stereocenters. The number of benzene rings is 1. The van der Waals surface area contributed by atoms with Crippen molar-refractivity contribution in [2.45, 2.75) is 32.9 Å². The minimum Gasteiger partial charge on any atom is -0.493 e. The quantitative estimate of drug-likeness (QED) is 0.621. The van der Waals surface area contributed by atoms with Crippen LogP contribution in [-0.2, 0) is 11.3 Å². The zero-order valence-electron chi connectivity index (χ0n) is 13.8. The summed E-state index contributed by atoms with van der Waals surface area (Å²) in [5, 5.41) is 0.515. The second kappa shape index (κ2) is 7.61. The lowest BCUT2D eigenvalue weighted by Crippen LogP contribution is -2.23. The van der Waals surface area contributed by atoms with Gasteiger partial charge >= 0.3 is 0 Å². The number of aromatic amines is 1. The Hall–Kier alpha value is -1.86. The summed E-state index contributed by atoms with van der Waals surface area (Å²) < 4.78 is 18.0. The van der Waals surface area contributed by atoms with Crippen LogP contribution in [0.25, 0.3) is 10.9 Å². The number of methoxy groups -OCH3 is 2. The molecule has 0 atom stereocenters. The van der Waals surface area contributed by atoms with Gasteiger partial charge in [0.25, 0.3) is 5.56 Å². The molecule has 0 saturated heterocycles. The van der Waals surface area contributed by atoms with Gasteiger partial charge in [-0.25, -0.2) is 0 Å². The van der Waals surface area contributed by atoms with Crippen molar-refractivity contribution in [2.75, 3.05) is 20.8 Å². The van der Waals surface area contributed by atoms with Crippen LogP contribution in [0.2, 0.25) is 0 Å². The van der Waals surface area contributed by atoms with Crippen LogP contribution >= 0.6 is 12.2 Å².